The number of hydrogen-bond acceptors (Lipinski definition) is 1. The quantitative estimate of drug-likeness (QED) is 0.664. The molecule has 2 rings (SSSR count). The average molecular weight is 306 g/mol. The number of rotatable bonds is 3. The van der Waals surface area contributed by atoms with Crippen molar-refractivity contribution in [3.05, 3.63) is 57.8 Å². The van der Waals surface area contributed by atoms with Gasteiger partial charge in [0.25, 0.3) is 0 Å². The van der Waals surface area contributed by atoms with E-state index in [1.807, 2.05) is 0 Å². The second-order valence-electron chi connectivity index (χ2n) is 3.58. The van der Waals surface area contributed by atoms with Crippen LogP contribution in [0.5, 0.6) is 11.5 Å². The molecule has 0 saturated heterocycles. The molecule has 0 fully saturated rings. The Hall–Kier alpha value is -0.960. The Morgan fingerprint density at radius 3 is 2.39 bits per heavy atom. The summed E-state index contributed by atoms with van der Waals surface area (Å²) in [6.45, 7) is 0. The summed E-state index contributed by atoms with van der Waals surface area (Å²) >= 11 is 17.2. The predicted molar refractivity (Wildman–Crippen MR) is 72.5 cm³/mol. The number of hydrogen-bond donors (Lipinski definition) is 0. The molecule has 2 aromatic rings. The van der Waals surface area contributed by atoms with Crippen molar-refractivity contribution in [2.45, 2.75) is 5.88 Å². The fourth-order valence-electron chi connectivity index (χ4n) is 1.38. The minimum Gasteiger partial charge on any atom is -0.454 e. The van der Waals surface area contributed by atoms with E-state index >= 15 is 0 Å². The molecule has 0 bridgehead atoms. The summed E-state index contributed by atoms with van der Waals surface area (Å²) < 4.78 is 19.0. The van der Waals surface area contributed by atoms with E-state index in [1.165, 1.54) is 18.2 Å². The number of alkyl halides is 1. The van der Waals surface area contributed by atoms with E-state index in [2.05, 4.69) is 0 Å². The van der Waals surface area contributed by atoms with Gasteiger partial charge >= 0.3 is 0 Å². The highest BCUT2D eigenvalue weighted by atomic mass is 35.5. The second-order valence-corrected chi connectivity index (χ2v) is 4.66. The monoisotopic (exact) mass is 304 g/mol. The lowest BCUT2D eigenvalue weighted by Gasteiger charge is -2.08. The van der Waals surface area contributed by atoms with Crippen molar-refractivity contribution in [2.75, 3.05) is 0 Å². The van der Waals surface area contributed by atoms with Crippen molar-refractivity contribution in [1.29, 1.82) is 0 Å². The second kappa shape index (κ2) is 5.79. The van der Waals surface area contributed by atoms with E-state index in [9.17, 15) is 4.39 Å². The number of benzene rings is 2. The van der Waals surface area contributed by atoms with Gasteiger partial charge in [0.1, 0.15) is 5.75 Å². The minimum atomic E-state index is -0.473. The van der Waals surface area contributed by atoms with Crippen molar-refractivity contribution in [3.8, 4) is 11.5 Å². The smallest absolute Gasteiger partial charge is 0.166 e. The van der Waals surface area contributed by atoms with E-state index in [1.54, 1.807) is 18.2 Å². The molecule has 0 unspecified atom stereocenters. The summed E-state index contributed by atoms with van der Waals surface area (Å²) in [5.74, 6) is 0.313. The van der Waals surface area contributed by atoms with Crippen LogP contribution in [0.1, 0.15) is 5.56 Å². The molecule has 0 aliphatic rings. The zero-order valence-corrected chi connectivity index (χ0v) is 11.4. The Balaban J connectivity index is 2.25. The molecule has 0 aliphatic heterocycles. The van der Waals surface area contributed by atoms with Gasteiger partial charge in [-0.15, -0.1) is 11.6 Å². The fraction of sp³-hybridized carbons (Fsp3) is 0.0769. The van der Waals surface area contributed by atoms with E-state index in [4.69, 9.17) is 39.5 Å². The molecular weight excluding hydrogens is 297 g/mol. The first-order valence-electron chi connectivity index (χ1n) is 5.07. The van der Waals surface area contributed by atoms with Crippen molar-refractivity contribution >= 4 is 34.8 Å². The molecule has 5 heteroatoms. The summed E-state index contributed by atoms with van der Waals surface area (Å²) in [7, 11) is 0. The van der Waals surface area contributed by atoms with E-state index < -0.39 is 5.82 Å². The van der Waals surface area contributed by atoms with Crippen LogP contribution >= 0.6 is 34.8 Å². The summed E-state index contributed by atoms with van der Waals surface area (Å²) in [6.07, 6.45) is 0. The Morgan fingerprint density at radius 2 is 1.78 bits per heavy atom. The van der Waals surface area contributed by atoms with Crippen LogP contribution in [0.3, 0.4) is 0 Å². The highest BCUT2D eigenvalue weighted by Crippen LogP contribution is 2.30. The normalized spacial score (nSPS) is 10.4. The topological polar surface area (TPSA) is 9.23 Å². The lowest BCUT2D eigenvalue weighted by atomic mass is 10.2. The van der Waals surface area contributed by atoms with Gasteiger partial charge in [0, 0.05) is 11.9 Å². The molecular formula is C13H8Cl3FO. The third-order valence-electron chi connectivity index (χ3n) is 2.27. The van der Waals surface area contributed by atoms with E-state index in [-0.39, 0.29) is 11.6 Å². The number of ether oxygens (including phenoxy) is 1. The van der Waals surface area contributed by atoms with Gasteiger partial charge in [-0.25, -0.2) is 4.39 Å². The molecule has 0 spiro atoms. The molecule has 1 nitrogen and oxygen atoms in total. The fourth-order valence-corrected chi connectivity index (χ4v) is 1.83. The van der Waals surface area contributed by atoms with Crippen molar-refractivity contribution in [2.24, 2.45) is 0 Å². The molecule has 0 N–H and O–H groups in total. The Kier molecular flexibility index (Phi) is 4.33. The molecule has 0 amide bonds. The zero-order chi connectivity index (χ0) is 13.1. The SMILES string of the molecule is Fc1cc(CCl)ccc1Oc1ccc(Cl)c(Cl)c1. The third kappa shape index (κ3) is 3.08. The van der Waals surface area contributed by atoms with Gasteiger partial charge in [-0.3, -0.25) is 0 Å². The first-order chi connectivity index (χ1) is 8.60. The van der Waals surface area contributed by atoms with E-state index in [0.717, 1.165) is 0 Å². The standard InChI is InChI=1S/C13H8Cl3FO/c14-7-8-1-4-13(12(17)5-8)18-9-2-3-10(15)11(16)6-9/h1-6H,7H2. The van der Waals surface area contributed by atoms with Crippen molar-refractivity contribution < 1.29 is 9.13 Å². The van der Waals surface area contributed by atoms with Crippen LogP contribution in [0, 0.1) is 5.82 Å². The summed E-state index contributed by atoms with van der Waals surface area (Å²) in [4.78, 5) is 0. The zero-order valence-electron chi connectivity index (χ0n) is 9.09. The maximum Gasteiger partial charge on any atom is 0.166 e. The molecule has 0 aromatic heterocycles. The van der Waals surface area contributed by atoms with Gasteiger partial charge < -0.3 is 4.74 Å². The molecule has 0 saturated carbocycles. The molecule has 18 heavy (non-hydrogen) atoms. The van der Waals surface area contributed by atoms with Crippen LogP contribution in [0.15, 0.2) is 36.4 Å². The maximum atomic E-state index is 13.7. The Morgan fingerprint density at radius 1 is 1.00 bits per heavy atom. The first kappa shape index (κ1) is 13.5. The van der Waals surface area contributed by atoms with Crippen LogP contribution in [-0.4, -0.2) is 0 Å². The molecule has 0 radical (unpaired) electrons. The largest absolute Gasteiger partial charge is 0.454 e. The molecule has 94 valence electrons. The van der Waals surface area contributed by atoms with Gasteiger partial charge in [0.05, 0.1) is 10.0 Å². The maximum absolute atomic E-state index is 13.7. The van der Waals surface area contributed by atoms with Crippen molar-refractivity contribution in [3.63, 3.8) is 0 Å². The first-order valence-corrected chi connectivity index (χ1v) is 6.36. The predicted octanol–water partition coefficient (Wildman–Crippen LogP) is 5.66. The van der Waals surface area contributed by atoms with Crippen LogP contribution in [0.2, 0.25) is 10.0 Å². The molecule has 0 aliphatic carbocycles. The third-order valence-corrected chi connectivity index (χ3v) is 3.32. The summed E-state index contributed by atoms with van der Waals surface area (Å²) in [5, 5.41) is 0.772. The van der Waals surface area contributed by atoms with Gasteiger partial charge in [-0.05, 0) is 29.8 Å². The summed E-state index contributed by atoms with van der Waals surface area (Å²) in [6, 6.07) is 9.28. The summed E-state index contributed by atoms with van der Waals surface area (Å²) in [5.41, 5.74) is 0.690. The van der Waals surface area contributed by atoms with Gasteiger partial charge in [-0.1, -0.05) is 29.3 Å². The van der Waals surface area contributed by atoms with Crippen LogP contribution in [-0.2, 0) is 5.88 Å². The lowest BCUT2D eigenvalue weighted by molar-refractivity contribution is 0.442. The molecule has 0 heterocycles. The van der Waals surface area contributed by atoms with E-state index in [0.29, 0.717) is 21.4 Å². The van der Waals surface area contributed by atoms with Gasteiger partial charge in [0.15, 0.2) is 11.6 Å². The Labute approximate surface area is 119 Å². The lowest BCUT2D eigenvalue weighted by Crippen LogP contribution is -1.90. The highest BCUT2D eigenvalue weighted by molar-refractivity contribution is 6.42. The average Bonchev–Trinajstić information content (AvgIpc) is 2.36. The van der Waals surface area contributed by atoms with Crippen LogP contribution < -0.4 is 4.74 Å². The van der Waals surface area contributed by atoms with Crippen LogP contribution in [0.25, 0.3) is 0 Å². The van der Waals surface area contributed by atoms with Gasteiger partial charge in [0.2, 0.25) is 0 Å². The highest BCUT2D eigenvalue weighted by Gasteiger charge is 2.07. The van der Waals surface area contributed by atoms with Crippen LogP contribution in [0.4, 0.5) is 4.39 Å². The molecule has 2 aromatic carbocycles. The Bertz CT molecular complexity index is 572. The minimum absolute atomic E-state index is 0.113. The number of halogens is 4. The van der Waals surface area contributed by atoms with Gasteiger partial charge in [-0.2, -0.15) is 0 Å². The molecule has 0 atom stereocenters. The van der Waals surface area contributed by atoms with Crippen molar-refractivity contribution in [1.82, 2.24) is 0 Å².